The topological polar surface area (TPSA) is 40.6 Å². The Labute approximate surface area is 523 Å². The van der Waals surface area contributed by atoms with Gasteiger partial charge in [-0.05, 0) is 127 Å². The maximum absolute atomic E-state index is 9.90. The van der Waals surface area contributed by atoms with E-state index in [0.717, 1.165) is 52.0 Å². The summed E-state index contributed by atoms with van der Waals surface area (Å²) in [6.07, 6.45) is 3.54. The van der Waals surface area contributed by atoms with Crippen LogP contribution >= 0.6 is 0 Å². The summed E-state index contributed by atoms with van der Waals surface area (Å²) >= 11 is 0. The smallest absolute Gasteiger partial charge is 0.130 e. The fourth-order valence-electron chi connectivity index (χ4n) is 11.2. The number of rotatable bonds is 11. The summed E-state index contributed by atoms with van der Waals surface area (Å²) in [5.74, 6) is 0.714. The van der Waals surface area contributed by atoms with E-state index in [1.807, 2.05) is 96.5 Å². The second kappa shape index (κ2) is 22.3. The molecule has 1 aliphatic heterocycles. The van der Waals surface area contributed by atoms with Gasteiger partial charge in [0.15, 0.2) is 0 Å². The van der Waals surface area contributed by atoms with Crippen molar-refractivity contribution in [3.05, 3.63) is 253 Å². The Morgan fingerprint density at radius 3 is 1.95 bits per heavy atom. The summed E-state index contributed by atoms with van der Waals surface area (Å²) in [7, 11) is 0. The van der Waals surface area contributed by atoms with Crippen molar-refractivity contribution in [1.29, 1.82) is 0 Å². The minimum absolute atomic E-state index is 0. The number of nitrogens with zero attached hydrogens (tertiary/aromatic N) is 3. The first-order valence-corrected chi connectivity index (χ1v) is 28.1. The summed E-state index contributed by atoms with van der Waals surface area (Å²) in [5.41, 5.74) is 12.1. The maximum Gasteiger partial charge on any atom is 0.130 e. The number of hydrogen-bond donors (Lipinski definition) is 1. The Balaban J connectivity index is 0.00000901. The Morgan fingerprint density at radius 1 is 0.578 bits per heavy atom. The van der Waals surface area contributed by atoms with E-state index in [2.05, 4.69) is 133 Å². The largest absolute Gasteiger partial charge is 0.509 e. The summed E-state index contributed by atoms with van der Waals surface area (Å²) in [4.78, 5) is 8.76. The van der Waals surface area contributed by atoms with Gasteiger partial charge in [-0.3, -0.25) is 0 Å². The van der Waals surface area contributed by atoms with E-state index in [1.54, 1.807) is 24.3 Å². The molecule has 0 saturated carbocycles. The second-order valence-corrected chi connectivity index (χ2v) is 24.9. The summed E-state index contributed by atoms with van der Waals surface area (Å²) < 4.78 is 106. The molecule has 1 aliphatic carbocycles. The third-order valence-corrected chi connectivity index (χ3v) is 16.2. The van der Waals surface area contributed by atoms with Crippen molar-refractivity contribution < 1.29 is 40.9 Å². The molecule has 1 aromatic heterocycles. The van der Waals surface area contributed by atoms with Crippen molar-refractivity contribution in [2.24, 2.45) is 0 Å². The van der Waals surface area contributed by atoms with Crippen LogP contribution in [0.2, 0.25) is 0 Å². The van der Waals surface area contributed by atoms with Crippen LogP contribution < -0.4 is 19.9 Å². The zero-order valence-corrected chi connectivity index (χ0v) is 50.8. The molecule has 0 unspecified atom stereocenters. The predicted molar refractivity (Wildman–Crippen MR) is 344 cm³/mol. The van der Waals surface area contributed by atoms with Gasteiger partial charge in [0.05, 0.1) is 11.0 Å². The SMILES string of the molecule is [2H]c1c([2H])c([2H])c(-c2c[c-]c(Oc3[c-]c(N4[CH-]N(c5c(-c6cc(C(C)(C)C)cc(C(C)(C)C)c6)cccc5-c5c([2H])c([2H])c([2H])c(-c6ccccc6)c5[2H])c5ccccc54)ccc3)cc2)c(Nc2cc(C([2H])([2H])[2H])c(-c3ccc4c(c3)C(C)(C)CCC4(C)C)cn2)c1[2H].[Pt]. The molecule has 0 bridgehead atoms. The van der Waals surface area contributed by atoms with E-state index < -0.39 is 18.9 Å². The van der Waals surface area contributed by atoms with Crippen LogP contribution in [0.5, 0.6) is 11.5 Å². The third kappa shape index (κ3) is 11.5. The second-order valence-electron chi connectivity index (χ2n) is 24.9. The molecule has 6 heteroatoms. The molecule has 420 valence electrons. The molecule has 1 N–H and O–H groups in total. The average Bonchev–Trinajstić information content (AvgIpc) is 1.26. The van der Waals surface area contributed by atoms with E-state index in [4.69, 9.17) is 14.3 Å². The van der Waals surface area contributed by atoms with Crippen molar-refractivity contribution in [2.45, 2.75) is 111 Å². The molecule has 10 aromatic rings. The van der Waals surface area contributed by atoms with Crippen LogP contribution in [-0.4, -0.2) is 4.98 Å². The van der Waals surface area contributed by atoms with E-state index >= 15 is 0 Å². The van der Waals surface area contributed by atoms with Crippen LogP contribution in [0.3, 0.4) is 0 Å². The molecule has 9 aromatic carbocycles. The number of aryl methyl sites for hydroxylation is 1. The Hall–Kier alpha value is -7.98. The van der Waals surface area contributed by atoms with Gasteiger partial charge >= 0.3 is 0 Å². The number of benzene rings is 9. The van der Waals surface area contributed by atoms with E-state index in [1.165, 1.54) is 23.4 Å². The number of anilines is 6. The molecule has 2 aliphatic rings. The van der Waals surface area contributed by atoms with Crippen molar-refractivity contribution >= 4 is 34.3 Å². The van der Waals surface area contributed by atoms with Gasteiger partial charge in [-0.1, -0.05) is 208 Å². The first-order valence-electron chi connectivity index (χ1n) is 33.6. The summed E-state index contributed by atoms with van der Waals surface area (Å²) in [5, 5.41) is 3.11. The van der Waals surface area contributed by atoms with Crippen molar-refractivity contribution in [3.63, 3.8) is 0 Å². The fourth-order valence-corrected chi connectivity index (χ4v) is 11.2. The molecule has 0 radical (unpaired) electrons. The van der Waals surface area contributed by atoms with Gasteiger partial charge in [0.1, 0.15) is 5.82 Å². The minimum atomic E-state index is -2.56. The van der Waals surface area contributed by atoms with Gasteiger partial charge in [0.25, 0.3) is 0 Å². The number of aromatic nitrogens is 1. The number of hydrogen-bond acceptors (Lipinski definition) is 5. The number of para-hydroxylation sites is 4. The normalized spacial score (nSPS) is 16.4. The van der Waals surface area contributed by atoms with Crippen LogP contribution in [0, 0.1) is 25.7 Å². The van der Waals surface area contributed by atoms with Crippen LogP contribution in [0.4, 0.5) is 34.3 Å². The fraction of sp³-hybridized carbons (Fsp3) is 0.221. The predicted octanol–water partition coefficient (Wildman–Crippen LogP) is 21.2. The van der Waals surface area contributed by atoms with Gasteiger partial charge < -0.3 is 19.9 Å². The van der Waals surface area contributed by atoms with Crippen molar-refractivity contribution in [3.8, 4) is 67.1 Å². The zero-order chi connectivity index (χ0) is 66.6. The molecular weight excluding hydrogens is 1190 g/mol. The number of nitrogens with one attached hydrogen (secondary N) is 1. The van der Waals surface area contributed by atoms with Crippen molar-refractivity contribution in [2.75, 3.05) is 15.1 Å². The Bertz CT molecular complexity index is 4580. The van der Waals surface area contributed by atoms with Gasteiger partial charge in [-0.25, -0.2) is 4.98 Å². The monoisotopic (exact) mass is 1280 g/mol. The molecule has 2 heterocycles. The summed E-state index contributed by atoms with van der Waals surface area (Å²) in [6.45, 7) is 21.5. The van der Waals surface area contributed by atoms with Crippen LogP contribution in [0.1, 0.15) is 125 Å². The van der Waals surface area contributed by atoms with E-state index in [-0.39, 0.29) is 118 Å². The molecule has 0 amide bonds. The Morgan fingerprint density at radius 2 is 1.24 bits per heavy atom. The van der Waals surface area contributed by atoms with Crippen molar-refractivity contribution in [1.82, 2.24) is 4.98 Å². The quantitative estimate of drug-likeness (QED) is 0.131. The summed E-state index contributed by atoms with van der Waals surface area (Å²) in [6, 6.07) is 52.1. The van der Waals surface area contributed by atoms with Crippen LogP contribution in [0.25, 0.3) is 55.6 Å². The molecule has 83 heavy (non-hydrogen) atoms. The van der Waals surface area contributed by atoms with Crippen LogP contribution in [0.15, 0.2) is 206 Å². The van der Waals surface area contributed by atoms with E-state index in [0.29, 0.717) is 39.4 Å². The molecular formula is C77H73N4OPt-3. The number of pyridine rings is 1. The van der Waals surface area contributed by atoms with Gasteiger partial charge in [-0.15, -0.1) is 48.3 Å². The Kier molecular flexibility index (Phi) is 12.0. The molecule has 0 spiro atoms. The maximum atomic E-state index is 9.90. The zero-order valence-electron chi connectivity index (χ0n) is 59.6. The molecule has 12 rings (SSSR count). The molecule has 0 atom stereocenters. The molecule has 0 fully saturated rings. The van der Waals surface area contributed by atoms with Crippen LogP contribution in [-0.2, 0) is 42.7 Å². The minimum Gasteiger partial charge on any atom is -0.509 e. The first kappa shape index (κ1) is 44.6. The van der Waals surface area contributed by atoms with Gasteiger partial charge in [0.2, 0.25) is 0 Å². The third-order valence-electron chi connectivity index (χ3n) is 16.2. The van der Waals surface area contributed by atoms with E-state index in [9.17, 15) is 5.48 Å². The number of fused-ring (bicyclic) bond motifs is 2. The molecule has 5 nitrogen and oxygen atoms in total. The standard InChI is InChI=1S/C77H73N4O.Pt/c1-51-42-72(78-49-66(51)56-36-39-67-68(46-56)77(10,11)41-40-76(67,8)9)79-69-31-16-15-28-63(69)53-34-37-61(38-35-53)82-62-27-20-26-60(48-62)80-50-81(71-33-18-17-32-70(71)80)73-64(55-25-19-24-54(43-55)52-22-13-12-14-23-52)29-21-30-65(73)57-44-58(74(2,3)4)47-59(45-57)75(5,6)7;/h12-37,39,42-47,49-50H,40-41H2,1-11H3,(H,78,79);/q-3;/i1D3,15D,16D,19D,24D,25D,28D,31D,43D;. The first-order chi connectivity index (χ1) is 43.8. The molecule has 0 saturated heterocycles. The average molecular weight is 1280 g/mol. The van der Waals surface area contributed by atoms with Gasteiger partial charge in [-0.2, -0.15) is 18.2 Å². The number of ether oxygens (including phenoxy) is 1. The van der Waals surface area contributed by atoms with Gasteiger partial charge in [0, 0.05) is 82.3 Å².